The molecular weight excluding hydrogens is 355 g/mol. The number of anilines is 2. The molecule has 0 fully saturated rings. The molecule has 0 saturated heterocycles. The minimum atomic E-state index is -4.49. The summed E-state index contributed by atoms with van der Waals surface area (Å²) >= 11 is 5.91. The maximum absolute atomic E-state index is 12.7. The highest BCUT2D eigenvalue weighted by molar-refractivity contribution is 6.33. The van der Waals surface area contributed by atoms with E-state index in [1.54, 1.807) is 30.3 Å². The van der Waals surface area contributed by atoms with Crippen molar-refractivity contribution in [1.29, 1.82) is 5.26 Å². The van der Waals surface area contributed by atoms with Gasteiger partial charge >= 0.3 is 6.18 Å². The molecule has 1 amide bonds. The van der Waals surface area contributed by atoms with Crippen LogP contribution >= 0.6 is 11.6 Å². The molecule has 0 spiro atoms. The van der Waals surface area contributed by atoms with Gasteiger partial charge in [0.25, 0.3) is 5.91 Å². The predicted octanol–water partition coefficient (Wildman–Crippen LogP) is 4.82. The average molecular weight is 366 g/mol. The number of nitrogens with zero attached hydrogens (tertiary/aromatic N) is 1. The number of nitrogens with one attached hydrogen (secondary N) is 2. The van der Waals surface area contributed by atoms with Crippen molar-refractivity contribution in [2.45, 2.75) is 6.18 Å². The van der Waals surface area contributed by atoms with Crippen molar-refractivity contribution in [3.05, 3.63) is 70.9 Å². The lowest BCUT2D eigenvalue weighted by molar-refractivity contribution is -0.137. The van der Waals surface area contributed by atoms with Crippen molar-refractivity contribution in [1.82, 2.24) is 0 Å². The Bertz CT molecular complexity index is 857. The molecule has 25 heavy (non-hydrogen) atoms. The van der Waals surface area contributed by atoms with Gasteiger partial charge in [0, 0.05) is 11.9 Å². The lowest BCUT2D eigenvalue weighted by Gasteiger charge is -2.09. The standard InChI is InChI=1S/C17H11ClF3N3O/c18-14-6-1-2-7-15(14)24-16(25)11(9-22)10-23-13-5-3-4-12(8-13)17(19,20)21/h1-8,10,23H,(H,24,25)/b11-10-. The van der Waals surface area contributed by atoms with E-state index in [9.17, 15) is 18.0 Å². The molecule has 2 N–H and O–H groups in total. The Morgan fingerprint density at radius 1 is 1.16 bits per heavy atom. The van der Waals surface area contributed by atoms with Crippen LogP contribution in [0.15, 0.2) is 60.3 Å². The zero-order valence-corrected chi connectivity index (χ0v) is 13.3. The molecule has 0 saturated carbocycles. The minimum absolute atomic E-state index is 0.0909. The number of benzene rings is 2. The Hall–Kier alpha value is -2.98. The van der Waals surface area contributed by atoms with Crippen molar-refractivity contribution < 1.29 is 18.0 Å². The van der Waals surface area contributed by atoms with E-state index in [0.717, 1.165) is 18.3 Å². The maximum Gasteiger partial charge on any atom is 0.416 e. The van der Waals surface area contributed by atoms with Crippen LogP contribution in [-0.2, 0) is 11.0 Å². The van der Waals surface area contributed by atoms with Crippen LogP contribution in [0.2, 0.25) is 5.02 Å². The molecule has 2 rings (SSSR count). The minimum Gasteiger partial charge on any atom is -0.360 e. The van der Waals surface area contributed by atoms with Gasteiger partial charge in [-0.05, 0) is 30.3 Å². The molecule has 8 heteroatoms. The topological polar surface area (TPSA) is 64.9 Å². The van der Waals surface area contributed by atoms with E-state index in [1.165, 1.54) is 12.1 Å². The predicted molar refractivity (Wildman–Crippen MR) is 88.8 cm³/mol. The summed E-state index contributed by atoms with van der Waals surface area (Å²) in [6.45, 7) is 0. The molecule has 128 valence electrons. The van der Waals surface area contributed by atoms with Crippen LogP contribution in [0.3, 0.4) is 0 Å². The van der Waals surface area contributed by atoms with Gasteiger partial charge in [0.15, 0.2) is 0 Å². The zero-order chi connectivity index (χ0) is 18.4. The maximum atomic E-state index is 12.7. The van der Waals surface area contributed by atoms with Gasteiger partial charge in [0.2, 0.25) is 0 Å². The highest BCUT2D eigenvalue weighted by Crippen LogP contribution is 2.30. The van der Waals surface area contributed by atoms with E-state index in [0.29, 0.717) is 10.7 Å². The number of carbonyl (C=O) groups excluding carboxylic acids is 1. The van der Waals surface area contributed by atoms with E-state index in [2.05, 4.69) is 10.6 Å². The summed E-state index contributed by atoms with van der Waals surface area (Å²) in [6, 6.07) is 12.5. The van der Waals surface area contributed by atoms with Crippen LogP contribution in [0.1, 0.15) is 5.56 Å². The Morgan fingerprint density at radius 2 is 1.88 bits per heavy atom. The van der Waals surface area contributed by atoms with E-state index in [1.807, 2.05) is 0 Å². The first-order valence-electron chi connectivity index (χ1n) is 6.91. The van der Waals surface area contributed by atoms with Crippen LogP contribution in [0.25, 0.3) is 0 Å². The summed E-state index contributed by atoms with van der Waals surface area (Å²) in [7, 11) is 0. The lowest BCUT2D eigenvalue weighted by Crippen LogP contribution is -2.14. The fraction of sp³-hybridized carbons (Fsp3) is 0.0588. The Morgan fingerprint density at radius 3 is 2.52 bits per heavy atom. The normalized spacial score (nSPS) is 11.6. The third kappa shape index (κ3) is 4.99. The van der Waals surface area contributed by atoms with Gasteiger partial charge in [-0.2, -0.15) is 18.4 Å². The number of hydrogen-bond acceptors (Lipinski definition) is 3. The van der Waals surface area contributed by atoms with Gasteiger partial charge in [-0.1, -0.05) is 29.8 Å². The van der Waals surface area contributed by atoms with Crippen molar-refractivity contribution in [2.75, 3.05) is 10.6 Å². The fourth-order valence-corrected chi connectivity index (χ4v) is 2.02. The summed E-state index contributed by atoms with van der Waals surface area (Å²) in [5.41, 5.74) is -0.759. The third-order valence-corrected chi connectivity index (χ3v) is 3.39. The molecule has 4 nitrogen and oxygen atoms in total. The first kappa shape index (κ1) is 18.4. The molecule has 0 aliphatic heterocycles. The van der Waals surface area contributed by atoms with Crippen molar-refractivity contribution in [2.24, 2.45) is 0 Å². The first-order valence-corrected chi connectivity index (χ1v) is 7.29. The summed E-state index contributed by atoms with van der Waals surface area (Å²) < 4.78 is 38.0. The largest absolute Gasteiger partial charge is 0.416 e. The van der Waals surface area contributed by atoms with Crippen LogP contribution in [0.4, 0.5) is 24.5 Å². The van der Waals surface area contributed by atoms with Gasteiger partial charge in [-0.25, -0.2) is 0 Å². The summed E-state index contributed by atoms with van der Waals surface area (Å²) in [6.07, 6.45) is -3.46. The highest BCUT2D eigenvalue weighted by atomic mass is 35.5. The van der Waals surface area contributed by atoms with Crippen LogP contribution < -0.4 is 10.6 Å². The monoisotopic (exact) mass is 365 g/mol. The fourth-order valence-electron chi connectivity index (χ4n) is 1.84. The molecule has 0 unspecified atom stereocenters. The molecule has 0 heterocycles. The Labute approximate surface area is 146 Å². The number of hydrogen-bond donors (Lipinski definition) is 2. The van der Waals surface area contributed by atoms with E-state index in [-0.39, 0.29) is 11.3 Å². The van der Waals surface area contributed by atoms with Crippen LogP contribution in [0.5, 0.6) is 0 Å². The smallest absolute Gasteiger partial charge is 0.360 e. The molecule has 0 aliphatic rings. The van der Waals surface area contributed by atoms with Crippen molar-refractivity contribution in [3.63, 3.8) is 0 Å². The quantitative estimate of drug-likeness (QED) is 0.603. The third-order valence-electron chi connectivity index (χ3n) is 3.06. The Kier molecular flexibility index (Phi) is 5.67. The second-order valence-corrected chi connectivity index (χ2v) is 5.23. The molecule has 2 aromatic rings. The van der Waals surface area contributed by atoms with Crippen LogP contribution in [0, 0.1) is 11.3 Å². The van der Waals surface area contributed by atoms with Crippen LogP contribution in [-0.4, -0.2) is 5.91 Å². The second-order valence-electron chi connectivity index (χ2n) is 4.83. The molecule has 0 radical (unpaired) electrons. The summed E-state index contributed by atoms with van der Waals surface area (Å²) in [5, 5.41) is 14.3. The molecule has 0 aromatic heterocycles. The second kappa shape index (κ2) is 7.73. The lowest BCUT2D eigenvalue weighted by atomic mass is 10.2. The summed E-state index contributed by atoms with van der Waals surface area (Å²) in [4.78, 5) is 12.1. The van der Waals surface area contributed by atoms with E-state index in [4.69, 9.17) is 16.9 Å². The zero-order valence-electron chi connectivity index (χ0n) is 12.6. The first-order chi connectivity index (χ1) is 11.8. The van der Waals surface area contributed by atoms with E-state index >= 15 is 0 Å². The van der Waals surface area contributed by atoms with Gasteiger partial charge in [0.05, 0.1) is 16.3 Å². The van der Waals surface area contributed by atoms with Gasteiger partial charge in [0.1, 0.15) is 11.6 Å². The van der Waals surface area contributed by atoms with Crippen molar-refractivity contribution >= 4 is 28.9 Å². The number of rotatable bonds is 4. The number of carbonyl (C=O) groups is 1. The van der Waals surface area contributed by atoms with E-state index < -0.39 is 17.6 Å². The van der Waals surface area contributed by atoms with Gasteiger partial charge in [-0.15, -0.1) is 0 Å². The Balaban J connectivity index is 2.14. The molecule has 2 aromatic carbocycles. The number of halogens is 4. The number of amides is 1. The molecular formula is C17H11ClF3N3O. The van der Waals surface area contributed by atoms with Gasteiger partial charge < -0.3 is 10.6 Å². The molecule has 0 aliphatic carbocycles. The van der Waals surface area contributed by atoms with Gasteiger partial charge in [-0.3, -0.25) is 4.79 Å². The summed E-state index contributed by atoms with van der Waals surface area (Å²) in [5.74, 6) is -0.741. The molecule has 0 atom stereocenters. The highest BCUT2D eigenvalue weighted by Gasteiger charge is 2.30. The number of para-hydroxylation sites is 1. The van der Waals surface area contributed by atoms with Crippen molar-refractivity contribution in [3.8, 4) is 6.07 Å². The number of alkyl halides is 3. The number of nitriles is 1. The average Bonchev–Trinajstić information content (AvgIpc) is 2.57. The molecule has 0 bridgehead atoms. The SMILES string of the molecule is N#C/C(=C/Nc1cccc(C(F)(F)F)c1)C(=O)Nc1ccccc1Cl.